The molecule has 0 saturated heterocycles. The quantitative estimate of drug-likeness (QED) is 0.461. The summed E-state index contributed by atoms with van der Waals surface area (Å²) in [7, 11) is 0. The Kier molecular flexibility index (Phi) is 6.61. The van der Waals surface area contributed by atoms with Gasteiger partial charge in [-0.25, -0.2) is 0 Å². The Hall–Kier alpha value is -0.300. The Morgan fingerprint density at radius 1 is 1.40 bits per heavy atom. The molecule has 0 aliphatic carbocycles. The van der Waals surface area contributed by atoms with E-state index in [1.807, 2.05) is 6.92 Å². The summed E-state index contributed by atoms with van der Waals surface area (Å²) in [5.74, 6) is 0.677. The summed E-state index contributed by atoms with van der Waals surface area (Å²) >= 11 is 0. The van der Waals surface area contributed by atoms with Crippen LogP contribution in [0.1, 0.15) is 33.1 Å². The number of unbranched alkanes of at least 4 members (excludes halogenated alkanes) is 1. The maximum absolute atomic E-state index is 8.49. The second kappa shape index (κ2) is 6.81. The Morgan fingerprint density at radius 3 is 2.60 bits per heavy atom. The molecule has 0 aromatic rings. The van der Waals surface area contributed by atoms with Gasteiger partial charge in [0, 0.05) is 6.61 Å². The van der Waals surface area contributed by atoms with Gasteiger partial charge in [0.2, 0.25) is 0 Å². The van der Waals surface area contributed by atoms with E-state index in [-0.39, 0.29) is 0 Å². The van der Waals surface area contributed by atoms with Crippen molar-refractivity contribution < 1.29 is 5.11 Å². The lowest BCUT2D eigenvalue weighted by Crippen LogP contribution is -1.90. The van der Waals surface area contributed by atoms with Crippen molar-refractivity contribution in [2.24, 2.45) is 5.92 Å². The zero-order valence-corrected chi connectivity index (χ0v) is 7.01. The van der Waals surface area contributed by atoms with Gasteiger partial charge in [0.15, 0.2) is 0 Å². The van der Waals surface area contributed by atoms with Crippen LogP contribution >= 0.6 is 0 Å². The van der Waals surface area contributed by atoms with Gasteiger partial charge in [-0.15, -0.1) is 0 Å². The zero-order chi connectivity index (χ0) is 7.82. The minimum Gasteiger partial charge on any atom is -0.396 e. The number of aliphatic hydroxyl groups is 1. The van der Waals surface area contributed by atoms with E-state index in [4.69, 9.17) is 5.11 Å². The Balaban J connectivity index is 3.13. The maximum Gasteiger partial charge on any atom is 0.0431 e. The molecule has 1 nitrogen and oxygen atoms in total. The van der Waals surface area contributed by atoms with Gasteiger partial charge >= 0.3 is 0 Å². The Bertz CT molecular complexity index is 86.7. The number of aliphatic hydroxyl groups excluding tert-OH is 1. The van der Waals surface area contributed by atoms with Gasteiger partial charge in [-0.3, -0.25) is 0 Å². The van der Waals surface area contributed by atoms with Gasteiger partial charge in [-0.1, -0.05) is 25.5 Å². The van der Waals surface area contributed by atoms with Crippen LogP contribution in [0.25, 0.3) is 0 Å². The lowest BCUT2D eigenvalue weighted by Gasteiger charge is -2.03. The van der Waals surface area contributed by atoms with Gasteiger partial charge in [0.1, 0.15) is 0 Å². The van der Waals surface area contributed by atoms with Crippen molar-refractivity contribution in [2.45, 2.75) is 33.1 Å². The van der Waals surface area contributed by atoms with Gasteiger partial charge in [-0.05, 0) is 25.7 Å². The van der Waals surface area contributed by atoms with Crippen molar-refractivity contribution in [2.75, 3.05) is 6.61 Å². The predicted molar refractivity (Wildman–Crippen MR) is 44.9 cm³/mol. The molecule has 10 heavy (non-hydrogen) atoms. The summed E-state index contributed by atoms with van der Waals surface area (Å²) in [6, 6.07) is 0. The van der Waals surface area contributed by atoms with Crippen LogP contribution in [-0.2, 0) is 0 Å². The van der Waals surface area contributed by atoms with Crippen molar-refractivity contribution in [1.29, 1.82) is 0 Å². The fourth-order valence-corrected chi connectivity index (χ4v) is 1.00. The molecule has 0 aromatic carbocycles. The van der Waals surface area contributed by atoms with E-state index in [9.17, 15) is 0 Å². The average Bonchev–Trinajstić information content (AvgIpc) is 1.89. The summed E-state index contributed by atoms with van der Waals surface area (Å²) in [6.07, 6.45) is 7.58. The van der Waals surface area contributed by atoms with E-state index in [0.717, 1.165) is 12.8 Å². The number of allylic oxidation sites excluding steroid dienone is 2. The van der Waals surface area contributed by atoms with Crippen molar-refractivity contribution in [1.82, 2.24) is 0 Å². The van der Waals surface area contributed by atoms with Crippen molar-refractivity contribution in [3.05, 3.63) is 12.2 Å². The van der Waals surface area contributed by atoms with E-state index in [2.05, 4.69) is 19.1 Å². The standard InChI is InChI=1S/C9H18O/c1-3-6-9(2)7-4-5-8-10/h3,6,9-10H,4-5,7-8H2,1-2H3. The first-order valence-electron chi connectivity index (χ1n) is 4.05. The van der Waals surface area contributed by atoms with Crippen LogP contribution in [0.15, 0.2) is 12.2 Å². The molecule has 0 amide bonds. The summed E-state index contributed by atoms with van der Waals surface area (Å²) in [4.78, 5) is 0. The van der Waals surface area contributed by atoms with Gasteiger partial charge < -0.3 is 5.11 Å². The summed E-state index contributed by atoms with van der Waals surface area (Å²) in [6.45, 7) is 4.59. The summed E-state index contributed by atoms with van der Waals surface area (Å²) in [5, 5.41) is 8.49. The Morgan fingerprint density at radius 2 is 2.10 bits per heavy atom. The highest BCUT2D eigenvalue weighted by Crippen LogP contribution is 2.08. The molecule has 1 heteroatoms. The smallest absolute Gasteiger partial charge is 0.0431 e. The molecule has 0 fully saturated rings. The molecule has 60 valence electrons. The molecule has 0 saturated carbocycles. The Labute approximate surface area is 63.8 Å². The van der Waals surface area contributed by atoms with E-state index in [1.54, 1.807) is 0 Å². The lowest BCUT2D eigenvalue weighted by atomic mass is 10.0. The molecule has 0 aliphatic rings. The van der Waals surface area contributed by atoms with E-state index < -0.39 is 0 Å². The van der Waals surface area contributed by atoms with Gasteiger partial charge in [0.25, 0.3) is 0 Å². The van der Waals surface area contributed by atoms with Crippen LogP contribution in [0.2, 0.25) is 0 Å². The molecule has 0 spiro atoms. The highest BCUT2D eigenvalue weighted by Gasteiger charge is 1.94. The molecule has 0 bridgehead atoms. The molecule has 0 aliphatic heterocycles. The van der Waals surface area contributed by atoms with Crippen LogP contribution in [0.4, 0.5) is 0 Å². The molecule has 1 N–H and O–H groups in total. The molecule has 0 aromatic heterocycles. The molecule has 0 rings (SSSR count). The first-order valence-corrected chi connectivity index (χ1v) is 4.05. The van der Waals surface area contributed by atoms with E-state index >= 15 is 0 Å². The number of hydrogen-bond acceptors (Lipinski definition) is 1. The maximum atomic E-state index is 8.49. The summed E-state index contributed by atoms with van der Waals surface area (Å²) < 4.78 is 0. The summed E-state index contributed by atoms with van der Waals surface area (Å²) in [5.41, 5.74) is 0. The highest BCUT2D eigenvalue weighted by atomic mass is 16.2. The minimum absolute atomic E-state index is 0.336. The van der Waals surface area contributed by atoms with E-state index in [1.165, 1.54) is 6.42 Å². The molecule has 0 heterocycles. The zero-order valence-electron chi connectivity index (χ0n) is 7.01. The van der Waals surface area contributed by atoms with Crippen LogP contribution in [0, 0.1) is 5.92 Å². The third-order valence-electron chi connectivity index (χ3n) is 1.59. The molecule has 0 radical (unpaired) electrons. The number of hydrogen-bond donors (Lipinski definition) is 1. The molecular formula is C9H18O. The fraction of sp³-hybridized carbons (Fsp3) is 0.778. The number of rotatable bonds is 5. The third-order valence-corrected chi connectivity index (χ3v) is 1.59. The lowest BCUT2D eigenvalue weighted by molar-refractivity contribution is 0.281. The van der Waals surface area contributed by atoms with Crippen LogP contribution in [0.3, 0.4) is 0 Å². The van der Waals surface area contributed by atoms with Gasteiger partial charge in [-0.2, -0.15) is 0 Å². The van der Waals surface area contributed by atoms with E-state index in [0.29, 0.717) is 12.5 Å². The monoisotopic (exact) mass is 142 g/mol. The van der Waals surface area contributed by atoms with Crippen molar-refractivity contribution in [3.63, 3.8) is 0 Å². The minimum atomic E-state index is 0.336. The first-order chi connectivity index (χ1) is 4.81. The van der Waals surface area contributed by atoms with Crippen LogP contribution < -0.4 is 0 Å². The molecule has 1 unspecified atom stereocenters. The second-order valence-electron chi connectivity index (χ2n) is 2.72. The molecular weight excluding hydrogens is 124 g/mol. The second-order valence-corrected chi connectivity index (χ2v) is 2.72. The van der Waals surface area contributed by atoms with Crippen LogP contribution in [-0.4, -0.2) is 11.7 Å². The van der Waals surface area contributed by atoms with Gasteiger partial charge in [0.05, 0.1) is 0 Å². The highest BCUT2D eigenvalue weighted by molar-refractivity contribution is 4.82. The predicted octanol–water partition coefficient (Wildman–Crippen LogP) is 2.36. The first kappa shape index (κ1) is 9.70. The topological polar surface area (TPSA) is 20.2 Å². The normalized spacial score (nSPS) is 14.3. The average molecular weight is 142 g/mol. The fourth-order valence-electron chi connectivity index (χ4n) is 1.00. The SMILES string of the molecule is CC=CC(C)CCCCO. The van der Waals surface area contributed by atoms with Crippen molar-refractivity contribution >= 4 is 0 Å². The van der Waals surface area contributed by atoms with Crippen molar-refractivity contribution in [3.8, 4) is 0 Å². The third kappa shape index (κ3) is 5.83. The molecule has 1 atom stereocenters. The van der Waals surface area contributed by atoms with Crippen LogP contribution in [0.5, 0.6) is 0 Å². The largest absolute Gasteiger partial charge is 0.396 e.